The molecule has 192 valence electrons. The molecule has 1 aliphatic carbocycles. The lowest BCUT2D eigenvalue weighted by Gasteiger charge is -2.42. The summed E-state index contributed by atoms with van der Waals surface area (Å²) in [6, 6.07) is 6.78. The molecule has 1 unspecified atom stereocenters. The molecule has 9 nitrogen and oxygen atoms in total. The largest absolute Gasteiger partial charge is 0.465 e. The molecule has 9 heteroatoms. The fraction of sp³-hybridized carbons (Fsp3) is 0.481. The van der Waals surface area contributed by atoms with Gasteiger partial charge in [-0.3, -0.25) is 19.3 Å². The monoisotopic (exact) mass is 496 g/mol. The second kappa shape index (κ2) is 9.44. The number of anilines is 1. The van der Waals surface area contributed by atoms with Crippen molar-refractivity contribution in [3.8, 4) is 0 Å². The molecule has 3 aliphatic rings. The second-order valence-electron chi connectivity index (χ2n) is 10.0. The van der Waals surface area contributed by atoms with Gasteiger partial charge in [0.25, 0.3) is 0 Å². The summed E-state index contributed by atoms with van der Waals surface area (Å²) in [5.41, 5.74) is 4.67. The number of fused-ring (bicyclic) bond motifs is 3. The maximum absolute atomic E-state index is 14.4. The van der Waals surface area contributed by atoms with Gasteiger partial charge in [0.05, 0.1) is 18.8 Å². The maximum atomic E-state index is 14.4. The van der Waals surface area contributed by atoms with Gasteiger partial charge in [-0.25, -0.2) is 4.79 Å². The highest BCUT2D eigenvalue weighted by Crippen LogP contribution is 2.57. The number of hydrogen-bond acceptors (Lipinski definition) is 8. The van der Waals surface area contributed by atoms with Crippen LogP contribution in [0.25, 0.3) is 0 Å². The molecule has 36 heavy (non-hydrogen) atoms. The third kappa shape index (κ3) is 3.96. The van der Waals surface area contributed by atoms with E-state index in [1.807, 2.05) is 20.8 Å². The zero-order valence-electron chi connectivity index (χ0n) is 21.1. The van der Waals surface area contributed by atoms with E-state index in [0.29, 0.717) is 24.1 Å². The maximum Gasteiger partial charge on any atom is 0.341 e. The van der Waals surface area contributed by atoms with Gasteiger partial charge in [0.15, 0.2) is 5.78 Å². The van der Waals surface area contributed by atoms with Crippen molar-refractivity contribution in [2.24, 2.45) is 11.1 Å². The van der Waals surface area contributed by atoms with Crippen molar-refractivity contribution >= 4 is 29.3 Å². The first kappa shape index (κ1) is 25.5. The lowest BCUT2D eigenvalue weighted by atomic mass is 9.62. The highest BCUT2D eigenvalue weighted by atomic mass is 16.5. The van der Waals surface area contributed by atoms with Crippen LogP contribution in [-0.4, -0.2) is 43.4 Å². The molecule has 0 saturated heterocycles. The van der Waals surface area contributed by atoms with Crippen molar-refractivity contribution in [3.63, 3.8) is 0 Å². The molecule has 0 saturated carbocycles. The lowest BCUT2D eigenvalue weighted by Crippen LogP contribution is -2.53. The molecule has 2 N–H and O–H groups in total. The third-order valence-corrected chi connectivity index (χ3v) is 6.76. The molecule has 2 heterocycles. The smallest absolute Gasteiger partial charge is 0.341 e. The Morgan fingerprint density at radius 1 is 1.11 bits per heavy atom. The average molecular weight is 497 g/mol. The van der Waals surface area contributed by atoms with Crippen LogP contribution in [0.4, 0.5) is 5.69 Å². The van der Waals surface area contributed by atoms with Gasteiger partial charge in [0, 0.05) is 24.1 Å². The van der Waals surface area contributed by atoms with Gasteiger partial charge in [0.2, 0.25) is 11.8 Å². The van der Waals surface area contributed by atoms with E-state index in [9.17, 15) is 19.2 Å². The van der Waals surface area contributed by atoms with Crippen molar-refractivity contribution in [2.75, 3.05) is 24.7 Å². The number of benzene rings is 1. The standard InChI is InChI=1S/C27H32N2O7/c1-5-7-12-35-24(32)22-23(28)36-19-14-26(3,4)13-18(30)21(19)27(22)16-10-8-9-11-17(16)29(25(27)33)15-20(31)34-6-2/h8-11H,5-7,12-15,28H2,1-4H3. The Bertz CT molecular complexity index is 1200. The Kier molecular flexibility index (Phi) is 6.68. The average Bonchev–Trinajstić information content (AvgIpc) is 3.01. The quantitative estimate of drug-likeness (QED) is 0.451. The minimum absolute atomic E-state index is 0.0854. The zero-order chi connectivity index (χ0) is 26.3. The summed E-state index contributed by atoms with van der Waals surface area (Å²) in [5, 5.41) is 0. The molecule has 0 bridgehead atoms. The van der Waals surface area contributed by atoms with Gasteiger partial charge in [-0.1, -0.05) is 45.4 Å². The number of nitrogens with two attached hydrogens (primary N) is 1. The van der Waals surface area contributed by atoms with E-state index in [1.54, 1.807) is 31.2 Å². The number of para-hydroxylation sites is 1. The van der Waals surface area contributed by atoms with Crippen LogP contribution >= 0.6 is 0 Å². The van der Waals surface area contributed by atoms with Crippen LogP contribution in [0.15, 0.2) is 47.1 Å². The number of nitrogens with zero attached hydrogens (tertiary/aromatic N) is 1. The molecule has 1 aromatic carbocycles. The van der Waals surface area contributed by atoms with E-state index in [1.165, 1.54) is 4.90 Å². The number of esters is 2. The van der Waals surface area contributed by atoms with Crippen molar-refractivity contribution in [1.29, 1.82) is 0 Å². The summed E-state index contributed by atoms with van der Waals surface area (Å²) in [5.74, 6) is -2.40. The summed E-state index contributed by atoms with van der Waals surface area (Å²) >= 11 is 0. The van der Waals surface area contributed by atoms with Gasteiger partial charge in [0.1, 0.15) is 23.3 Å². The van der Waals surface area contributed by atoms with Crippen LogP contribution in [-0.2, 0) is 38.8 Å². The Morgan fingerprint density at radius 2 is 1.83 bits per heavy atom. The number of carbonyl (C=O) groups is 4. The molecule has 0 fully saturated rings. The van der Waals surface area contributed by atoms with E-state index >= 15 is 0 Å². The third-order valence-electron chi connectivity index (χ3n) is 6.76. The molecular formula is C27H32N2O7. The Morgan fingerprint density at radius 3 is 2.53 bits per heavy atom. The lowest BCUT2D eigenvalue weighted by molar-refractivity contribution is -0.142. The number of amides is 1. The summed E-state index contributed by atoms with van der Waals surface area (Å²) in [4.78, 5) is 55.3. The van der Waals surface area contributed by atoms with E-state index < -0.39 is 28.7 Å². The molecule has 1 aromatic rings. The Hall–Kier alpha value is -3.62. The minimum Gasteiger partial charge on any atom is -0.465 e. The van der Waals surface area contributed by atoms with Crippen molar-refractivity contribution in [2.45, 2.75) is 58.8 Å². The van der Waals surface area contributed by atoms with Crippen molar-refractivity contribution in [3.05, 3.63) is 52.6 Å². The van der Waals surface area contributed by atoms with Gasteiger partial charge in [-0.15, -0.1) is 0 Å². The second-order valence-corrected chi connectivity index (χ2v) is 10.0. The number of unbranched alkanes of at least 4 members (excludes halogenated alkanes) is 1. The number of ketones is 1. The molecule has 0 aromatic heterocycles. The molecule has 1 atom stereocenters. The van der Waals surface area contributed by atoms with Crippen molar-refractivity contribution < 1.29 is 33.4 Å². The van der Waals surface area contributed by atoms with E-state index in [2.05, 4.69) is 0 Å². The van der Waals surface area contributed by atoms with Crippen LogP contribution in [0.1, 0.15) is 58.9 Å². The summed E-state index contributed by atoms with van der Waals surface area (Å²) in [6.45, 7) is 7.37. The predicted octanol–water partition coefficient (Wildman–Crippen LogP) is 3.02. The van der Waals surface area contributed by atoms with Crippen LogP contribution < -0.4 is 10.6 Å². The van der Waals surface area contributed by atoms with Gasteiger partial charge >= 0.3 is 11.9 Å². The van der Waals surface area contributed by atoms with Crippen molar-refractivity contribution in [1.82, 2.24) is 0 Å². The zero-order valence-corrected chi connectivity index (χ0v) is 21.1. The Balaban J connectivity index is 1.97. The molecule has 0 radical (unpaired) electrons. The minimum atomic E-state index is -1.88. The van der Waals surface area contributed by atoms with Gasteiger partial charge in [-0.2, -0.15) is 0 Å². The molecule has 4 rings (SSSR count). The number of Topliss-reactive ketones (excluding diaryl/α,β-unsaturated/α-hetero) is 1. The molecule has 2 aliphatic heterocycles. The van der Waals surface area contributed by atoms with Crippen LogP contribution in [0, 0.1) is 5.41 Å². The summed E-state index contributed by atoms with van der Waals surface area (Å²) in [7, 11) is 0. The molecule has 1 spiro atoms. The first-order valence-corrected chi connectivity index (χ1v) is 12.3. The topological polar surface area (TPSA) is 125 Å². The highest BCUT2D eigenvalue weighted by molar-refractivity contribution is 6.24. The SMILES string of the molecule is CCCCOC(=O)C1=C(N)OC2=C(C(=O)CC(C)(C)C2)C12C(=O)N(CC(=O)OCC)c1ccccc12. The number of ether oxygens (including phenoxy) is 3. The van der Waals surface area contributed by atoms with Crippen LogP contribution in [0.3, 0.4) is 0 Å². The normalized spacial score (nSPS) is 22.4. The predicted molar refractivity (Wildman–Crippen MR) is 130 cm³/mol. The van der Waals surface area contributed by atoms with Crippen LogP contribution in [0.5, 0.6) is 0 Å². The summed E-state index contributed by atoms with van der Waals surface area (Å²) < 4.78 is 16.5. The first-order chi connectivity index (χ1) is 17.1. The van der Waals surface area contributed by atoms with E-state index in [-0.39, 0.29) is 54.8 Å². The van der Waals surface area contributed by atoms with E-state index in [4.69, 9.17) is 19.9 Å². The fourth-order valence-corrected chi connectivity index (χ4v) is 5.33. The molecule has 1 amide bonds. The Labute approximate surface area is 210 Å². The van der Waals surface area contributed by atoms with Crippen LogP contribution in [0.2, 0.25) is 0 Å². The number of allylic oxidation sites excluding steroid dienone is 1. The first-order valence-electron chi connectivity index (χ1n) is 12.3. The highest BCUT2D eigenvalue weighted by Gasteiger charge is 2.64. The molecular weight excluding hydrogens is 464 g/mol. The van der Waals surface area contributed by atoms with Gasteiger partial charge < -0.3 is 19.9 Å². The number of rotatable bonds is 7. The fourth-order valence-electron chi connectivity index (χ4n) is 5.33. The summed E-state index contributed by atoms with van der Waals surface area (Å²) in [6.07, 6.45) is 1.92. The van der Waals surface area contributed by atoms with Gasteiger partial charge in [-0.05, 0) is 24.8 Å². The number of hydrogen-bond donors (Lipinski definition) is 1. The number of carbonyl (C=O) groups excluding carboxylic acids is 4. The van der Waals surface area contributed by atoms with E-state index in [0.717, 1.165) is 6.42 Å².